The van der Waals surface area contributed by atoms with Gasteiger partial charge in [-0.05, 0) is 29.8 Å². The van der Waals surface area contributed by atoms with E-state index in [4.69, 9.17) is 11.6 Å². The van der Waals surface area contributed by atoms with Crippen LogP contribution in [-0.2, 0) is 0 Å². The number of hydrogen-bond donors (Lipinski definition) is 4. The minimum Gasteiger partial charge on any atom is -0.341 e. The molecule has 1 aliphatic rings. The van der Waals surface area contributed by atoms with Crippen LogP contribution >= 0.6 is 11.6 Å². The largest absolute Gasteiger partial charge is 0.341 e. The fourth-order valence-corrected chi connectivity index (χ4v) is 3.71. The second-order valence-corrected chi connectivity index (χ2v) is 6.60. The van der Waals surface area contributed by atoms with E-state index in [9.17, 15) is 9.59 Å². The van der Waals surface area contributed by atoms with Gasteiger partial charge in [0.15, 0.2) is 0 Å². The zero-order chi connectivity index (χ0) is 17.8. The summed E-state index contributed by atoms with van der Waals surface area (Å²) in [6.07, 6.45) is 1.74. The van der Waals surface area contributed by atoms with Crippen LogP contribution in [0.2, 0.25) is 5.02 Å². The van der Waals surface area contributed by atoms with Gasteiger partial charge in [0.05, 0.1) is 17.3 Å². The molecule has 1 aliphatic heterocycles. The van der Waals surface area contributed by atoms with Crippen LogP contribution in [0, 0.1) is 0 Å². The van der Waals surface area contributed by atoms with Crippen LogP contribution in [0.4, 0.5) is 11.5 Å². The molecule has 0 bridgehead atoms. The van der Waals surface area contributed by atoms with E-state index in [-0.39, 0.29) is 5.92 Å². The molecular formula is C18H12ClN5O2. The van der Waals surface area contributed by atoms with E-state index in [2.05, 4.69) is 25.5 Å². The number of fused-ring (bicyclic) bond motifs is 4. The quantitative estimate of drug-likeness (QED) is 0.366. The van der Waals surface area contributed by atoms with Crippen molar-refractivity contribution in [3.8, 4) is 0 Å². The third-order valence-electron chi connectivity index (χ3n) is 4.68. The smallest absolute Gasteiger partial charge is 0.327 e. The van der Waals surface area contributed by atoms with Crippen molar-refractivity contribution in [1.82, 2.24) is 20.2 Å². The number of nitrogens with one attached hydrogen (secondary N) is 4. The number of hydrogen-bond acceptors (Lipinski definition) is 4. The molecule has 8 heteroatoms. The Kier molecular flexibility index (Phi) is 3.07. The number of anilines is 2. The zero-order valence-corrected chi connectivity index (χ0v) is 14.0. The van der Waals surface area contributed by atoms with Crippen LogP contribution in [-0.4, -0.2) is 20.2 Å². The van der Waals surface area contributed by atoms with Gasteiger partial charge in [0.2, 0.25) is 0 Å². The van der Waals surface area contributed by atoms with Crippen molar-refractivity contribution >= 4 is 34.0 Å². The Bertz CT molecular complexity index is 1270. The highest BCUT2D eigenvalue weighted by Crippen LogP contribution is 2.44. The molecule has 0 spiro atoms. The van der Waals surface area contributed by atoms with Gasteiger partial charge in [-0.2, -0.15) is 5.10 Å². The highest BCUT2D eigenvalue weighted by molar-refractivity contribution is 6.30. The van der Waals surface area contributed by atoms with Crippen LogP contribution in [0.1, 0.15) is 22.6 Å². The fourth-order valence-electron chi connectivity index (χ4n) is 3.58. The summed E-state index contributed by atoms with van der Waals surface area (Å²) in [6.45, 7) is 0. The Morgan fingerprint density at radius 1 is 0.962 bits per heavy atom. The van der Waals surface area contributed by atoms with Gasteiger partial charge in [0.1, 0.15) is 5.82 Å². The topological polar surface area (TPSA) is 106 Å². The first kappa shape index (κ1) is 15.0. The van der Waals surface area contributed by atoms with Crippen LogP contribution in [0.15, 0.2) is 52.2 Å². The minimum absolute atomic E-state index is 0.386. The first-order valence-corrected chi connectivity index (χ1v) is 8.34. The predicted octanol–water partition coefficient (Wildman–Crippen LogP) is 2.83. The van der Waals surface area contributed by atoms with E-state index in [1.54, 1.807) is 18.3 Å². The predicted molar refractivity (Wildman–Crippen MR) is 99.5 cm³/mol. The molecule has 1 unspecified atom stereocenters. The fraction of sp³-hybridized carbons (Fsp3) is 0.0556. The molecule has 0 radical (unpaired) electrons. The summed E-state index contributed by atoms with van der Waals surface area (Å²) in [4.78, 5) is 29.4. The number of halogens is 1. The lowest BCUT2D eigenvalue weighted by Crippen LogP contribution is -2.31. The van der Waals surface area contributed by atoms with Gasteiger partial charge >= 0.3 is 5.69 Å². The van der Waals surface area contributed by atoms with Crippen molar-refractivity contribution in [2.75, 3.05) is 5.32 Å². The van der Waals surface area contributed by atoms with Gasteiger partial charge in [-0.1, -0.05) is 23.7 Å². The highest BCUT2D eigenvalue weighted by atomic mass is 35.5. The maximum Gasteiger partial charge on any atom is 0.327 e. The number of benzene rings is 2. The van der Waals surface area contributed by atoms with E-state index >= 15 is 0 Å². The lowest BCUT2D eigenvalue weighted by Gasteiger charge is -2.28. The molecule has 0 amide bonds. The summed E-state index contributed by atoms with van der Waals surface area (Å²) in [7, 11) is 0. The molecule has 5 rings (SSSR count). The van der Waals surface area contributed by atoms with Crippen molar-refractivity contribution in [3.05, 3.63) is 85.1 Å². The molecule has 0 saturated heterocycles. The van der Waals surface area contributed by atoms with Crippen molar-refractivity contribution in [2.45, 2.75) is 5.92 Å². The molecule has 2 aromatic carbocycles. The van der Waals surface area contributed by atoms with E-state index in [0.717, 1.165) is 27.7 Å². The first-order valence-electron chi connectivity index (χ1n) is 7.97. The van der Waals surface area contributed by atoms with Gasteiger partial charge in [-0.25, -0.2) is 4.79 Å². The number of rotatable bonds is 1. The molecule has 4 aromatic rings. The Labute approximate surface area is 151 Å². The maximum atomic E-state index is 12.7. The van der Waals surface area contributed by atoms with Crippen LogP contribution in [0.3, 0.4) is 0 Å². The van der Waals surface area contributed by atoms with E-state index < -0.39 is 11.2 Å². The summed E-state index contributed by atoms with van der Waals surface area (Å²) in [5, 5.41) is 11.9. The molecule has 0 fully saturated rings. The molecule has 0 saturated carbocycles. The average Bonchev–Trinajstić information content (AvgIpc) is 3.09. The lowest BCUT2D eigenvalue weighted by molar-refractivity contribution is 0.890. The summed E-state index contributed by atoms with van der Waals surface area (Å²) >= 11 is 6.04. The van der Waals surface area contributed by atoms with Gasteiger partial charge in [-0.3, -0.25) is 19.9 Å². The van der Waals surface area contributed by atoms with Crippen LogP contribution in [0.5, 0.6) is 0 Å². The van der Waals surface area contributed by atoms with Crippen molar-refractivity contribution in [1.29, 1.82) is 0 Å². The summed E-state index contributed by atoms with van der Waals surface area (Å²) in [6, 6.07) is 11.2. The number of aromatic amines is 3. The first-order chi connectivity index (χ1) is 12.6. The van der Waals surface area contributed by atoms with Crippen LogP contribution in [0.25, 0.3) is 10.9 Å². The summed E-state index contributed by atoms with van der Waals surface area (Å²) in [5.74, 6) is 0.00771. The molecule has 1 atom stereocenters. The Morgan fingerprint density at radius 3 is 2.58 bits per heavy atom. The van der Waals surface area contributed by atoms with Crippen LogP contribution < -0.4 is 16.6 Å². The number of H-pyrrole nitrogens is 3. The standard InChI is InChI=1S/C18H12ClN5O2/c19-10-4-1-8(2-5-10)12-13-11(6-3-9-7-20-24-15(9)13)21-16-14(12)17(25)23-18(26)22-16/h1-7,12H,(H,20,24)(H3,21,22,23,25,26). The van der Waals surface area contributed by atoms with Gasteiger partial charge in [-0.15, -0.1) is 0 Å². The second-order valence-electron chi connectivity index (χ2n) is 6.17. The molecule has 2 aromatic heterocycles. The summed E-state index contributed by atoms with van der Waals surface area (Å²) in [5.41, 5.74) is 2.88. The molecule has 0 aliphatic carbocycles. The third kappa shape index (κ3) is 2.11. The van der Waals surface area contributed by atoms with E-state index in [0.29, 0.717) is 16.4 Å². The molecule has 4 N–H and O–H groups in total. The lowest BCUT2D eigenvalue weighted by atomic mass is 9.82. The Morgan fingerprint density at radius 2 is 1.77 bits per heavy atom. The maximum absolute atomic E-state index is 12.7. The molecule has 26 heavy (non-hydrogen) atoms. The second kappa shape index (κ2) is 5.34. The van der Waals surface area contributed by atoms with Gasteiger partial charge in [0.25, 0.3) is 5.56 Å². The van der Waals surface area contributed by atoms with Crippen molar-refractivity contribution < 1.29 is 0 Å². The molecule has 128 valence electrons. The number of nitrogens with zero attached hydrogens (tertiary/aromatic N) is 1. The zero-order valence-electron chi connectivity index (χ0n) is 13.3. The van der Waals surface area contributed by atoms with Gasteiger partial charge < -0.3 is 5.32 Å². The molecular weight excluding hydrogens is 354 g/mol. The van der Waals surface area contributed by atoms with E-state index in [1.807, 2.05) is 24.3 Å². The minimum atomic E-state index is -0.554. The normalized spacial score (nSPS) is 15.3. The van der Waals surface area contributed by atoms with Gasteiger partial charge in [0, 0.05) is 27.6 Å². The monoisotopic (exact) mass is 365 g/mol. The Balaban J connectivity index is 1.89. The third-order valence-corrected chi connectivity index (χ3v) is 4.93. The SMILES string of the molecule is O=c1[nH]c2c(c(=O)[nH]1)C(c1ccc(Cl)cc1)c1c(ccc3cn[nH]c13)N2. The van der Waals surface area contributed by atoms with Crippen molar-refractivity contribution in [2.24, 2.45) is 0 Å². The number of aromatic nitrogens is 4. The average molecular weight is 366 g/mol. The summed E-state index contributed by atoms with van der Waals surface area (Å²) < 4.78 is 0. The van der Waals surface area contributed by atoms with E-state index in [1.165, 1.54) is 0 Å². The Hall–Kier alpha value is -3.32. The van der Waals surface area contributed by atoms with Crippen molar-refractivity contribution in [3.63, 3.8) is 0 Å². The molecule has 7 nitrogen and oxygen atoms in total. The highest BCUT2D eigenvalue weighted by Gasteiger charge is 2.32. The molecule has 3 heterocycles.